The van der Waals surface area contributed by atoms with Crippen molar-refractivity contribution in [1.82, 2.24) is 9.55 Å². The van der Waals surface area contributed by atoms with Crippen LogP contribution in [0.3, 0.4) is 0 Å². The van der Waals surface area contributed by atoms with Crippen molar-refractivity contribution in [2.75, 3.05) is 7.11 Å². The summed E-state index contributed by atoms with van der Waals surface area (Å²) in [6, 6.07) is 8.50. The van der Waals surface area contributed by atoms with Crippen molar-refractivity contribution < 1.29 is 4.74 Å². The molecule has 0 aliphatic carbocycles. The minimum atomic E-state index is 0.319. The summed E-state index contributed by atoms with van der Waals surface area (Å²) in [4.78, 5) is 3.26. The zero-order chi connectivity index (χ0) is 14.1. The fourth-order valence-corrected chi connectivity index (χ4v) is 3.59. The first kappa shape index (κ1) is 13.4. The molecule has 20 heavy (non-hydrogen) atoms. The summed E-state index contributed by atoms with van der Waals surface area (Å²) in [6.45, 7) is 2.20. The molecule has 0 aliphatic rings. The number of methoxy groups -OCH3 is 1. The average Bonchev–Trinajstić information content (AvgIpc) is 3.03. The molecule has 0 saturated heterocycles. The van der Waals surface area contributed by atoms with Crippen LogP contribution >= 0.6 is 23.6 Å². The number of aromatic nitrogens is 2. The van der Waals surface area contributed by atoms with Gasteiger partial charge in [-0.2, -0.15) is 11.3 Å². The number of ether oxygens (including phenoxy) is 1. The summed E-state index contributed by atoms with van der Waals surface area (Å²) in [5.74, 6) is 0.839. The van der Waals surface area contributed by atoms with E-state index in [2.05, 4.69) is 39.4 Å². The molecule has 3 aromatic rings. The molecule has 0 fully saturated rings. The van der Waals surface area contributed by atoms with E-state index in [1.54, 1.807) is 18.4 Å². The first-order valence-corrected chi connectivity index (χ1v) is 7.83. The van der Waals surface area contributed by atoms with E-state index in [-0.39, 0.29) is 0 Å². The number of benzene rings is 1. The second-order valence-electron chi connectivity index (χ2n) is 4.87. The lowest BCUT2D eigenvalue weighted by molar-refractivity contribution is 0.415. The zero-order valence-corrected chi connectivity index (χ0v) is 13.1. The Morgan fingerprint density at radius 2 is 2.25 bits per heavy atom. The summed E-state index contributed by atoms with van der Waals surface area (Å²) in [5.41, 5.74) is 3.50. The van der Waals surface area contributed by atoms with E-state index in [0.717, 1.165) is 28.0 Å². The topological polar surface area (TPSA) is 29.9 Å². The molecule has 0 saturated carbocycles. The fourth-order valence-electron chi connectivity index (χ4n) is 2.52. The number of nitrogens with zero attached hydrogens (tertiary/aromatic N) is 1. The van der Waals surface area contributed by atoms with Crippen molar-refractivity contribution in [3.63, 3.8) is 0 Å². The summed E-state index contributed by atoms with van der Waals surface area (Å²) >= 11 is 7.21. The van der Waals surface area contributed by atoms with Crippen LogP contribution in [-0.2, 0) is 6.42 Å². The number of fused-ring (bicyclic) bond motifs is 1. The van der Waals surface area contributed by atoms with E-state index in [1.807, 2.05) is 12.1 Å². The van der Waals surface area contributed by atoms with Crippen LogP contribution in [0.2, 0.25) is 0 Å². The predicted octanol–water partition coefficient (Wildman–Crippen LogP) is 4.57. The number of thiophene rings is 1. The Hall–Kier alpha value is -1.59. The Kier molecular flexibility index (Phi) is 3.63. The van der Waals surface area contributed by atoms with Gasteiger partial charge in [-0.05, 0) is 60.1 Å². The third-order valence-electron chi connectivity index (χ3n) is 3.48. The van der Waals surface area contributed by atoms with Crippen molar-refractivity contribution in [2.45, 2.75) is 19.4 Å². The molecule has 0 radical (unpaired) electrons. The fraction of sp³-hybridized carbons (Fsp3) is 0.267. The maximum atomic E-state index is 5.47. The van der Waals surface area contributed by atoms with Crippen molar-refractivity contribution in [3.05, 3.63) is 45.4 Å². The molecule has 2 aromatic heterocycles. The number of H-pyrrole nitrogens is 1. The Balaban J connectivity index is 2.02. The molecule has 1 N–H and O–H groups in total. The molecule has 0 aliphatic heterocycles. The second kappa shape index (κ2) is 5.42. The van der Waals surface area contributed by atoms with Crippen LogP contribution in [0.5, 0.6) is 5.75 Å². The SMILES string of the molecule is COc1ccc2c(c1)[nH]c(=S)n2C(C)Cc1ccsc1. The standard InChI is InChI=1S/C15H16N2OS2/c1-10(7-11-5-6-20-9-11)17-14-4-3-12(18-2)8-13(14)16-15(17)19/h3-6,8-10H,7H2,1-2H3,(H,16,19). The maximum absolute atomic E-state index is 5.47. The number of aromatic amines is 1. The third-order valence-corrected chi connectivity index (χ3v) is 4.51. The molecule has 0 amide bonds. The molecule has 0 spiro atoms. The summed E-state index contributed by atoms with van der Waals surface area (Å²) in [6.07, 6.45) is 0.983. The minimum absolute atomic E-state index is 0.319. The lowest BCUT2D eigenvalue weighted by atomic mass is 10.1. The van der Waals surface area contributed by atoms with Gasteiger partial charge in [-0.15, -0.1) is 0 Å². The molecule has 5 heteroatoms. The average molecular weight is 304 g/mol. The van der Waals surface area contributed by atoms with Crippen LogP contribution in [0.25, 0.3) is 11.0 Å². The number of nitrogens with one attached hydrogen (secondary N) is 1. The van der Waals surface area contributed by atoms with E-state index in [9.17, 15) is 0 Å². The zero-order valence-electron chi connectivity index (χ0n) is 11.4. The molecule has 1 aromatic carbocycles. The van der Waals surface area contributed by atoms with E-state index >= 15 is 0 Å². The molecule has 2 heterocycles. The van der Waals surface area contributed by atoms with Crippen LogP contribution in [0.1, 0.15) is 18.5 Å². The van der Waals surface area contributed by atoms with Crippen molar-refractivity contribution >= 4 is 34.6 Å². The third kappa shape index (κ3) is 2.39. The molecule has 1 unspecified atom stereocenters. The van der Waals surface area contributed by atoms with E-state index in [0.29, 0.717) is 6.04 Å². The van der Waals surface area contributed by atoms with Crippen LogP contribution in [0.4, 0.5) is 0 Å². The summed E-state index contributed by atoms with van der Waals surface area (Å²) in [7, 11) is 1.67. The lowest BCUT2D eigenvalue weighted by Crippen LogP contribution is -2.07. The summed E-state index contributed by atoms with van der Waals surface area (Å²) < 4.78 is 8.20. The lowest BCUT2D eigenvalue weighted by Gasteiger charge is -2.14. The second-order valence-corrected chi connectivity index (χ2v) is 6.03. The Bertz CT molecular complexity index is 771. The molecular formula is C15H16N2OS2. The van der Waals surface area contributed by atoms with Gasteiger partial charge in [0, 0.05) is 12.1 Å². The van der Waals surface area contributed by atoms with Gasteiger partial charge in [-0.25, -0.2) is 0 Å². The smallest absolute Gasteiger partial charge is 0.178 e. The Labute approximate surface area is 126 Å². The van der Waals surface area contributed by atoms with Crippen LogP contribution in [0, 0.1) is 4.77 Å². The van der Waals surface area contributed by atoms with Gasteiger partial charge >= 0.3 is 0 Å². The van der Waals surface area contributed by atoms with Crippen molar-refractivity contribution in [2.24, 2.45) is 0 Å². The first-order chi connectivity index (χ1) is 9.69. The van der Waals surface area contributed by atoms with Gasteiger partial charge in [-0.1, -0.05) is 0 Å². The highest BCUT2D eigenvalue weighted by Crippen LogP contribution is 2.25. The molecule has 1 atom stereocenters. The predicted molar refractivity (Wildman–Crippen MR) is 86.4 cm³/mol. The first-order valence-electron chi connectivity index (χ1n) is 6.48. The Morgan fingerprint density at radius 3 is 2.95 bits per heavy atom. The van der Waals surface area contributed by atoms with Gasteiger partial charge < -0.3 is 14.3 Å². The van der Waals surface area contributed by atoms with Gasteiger partial charge in [0.1, 0.15) is 5.75 Å². The summed E-state index contributed by atoms with van der Waals surface area (Å²) in [5, 5.41) is 4.30. The number of rotatable bonds is 4. The molecule has 0 bridgehead atoms. The highest BCUT2D eigenvalue weighted by Gasteiger charge is 2.12. The van der Waals surface area contributed by atoms with Gasteiger partial charge in [0.2, 0.25) is 0 Å². The Morgan fingerprint density at radius 1 is 1.40 bits per heavy atom. The molecular weight excluding hydrogens is 288 g/mol. The molecule has 3 nitrogen and oxygen atoms in total. The highest BCUT2D eigenvalue weighted by molar-refractivity contribution is 7.71. The minimum Gasteiger partial charge on any atom is -0.497 e. The number of hydrogen-bond acceptors (Lipinski definition) is 3. The molecule has 3 rings (SSSR count). The number of hydrogen-bond donors (Lipinski definition) is 1. The quantitative estimate of drug-likeness (QED) is 0.715. The van der Waals surface area contributed by atoms with Crippen molar-refractivity contribution in [1.29, 1.82) is 0 Å². The normalized spacial score (nSPS) is 12.7. The van der Waals surface area contributed by atoms with Crippen LogP contribution in [-0.4, -0.2) is 16.7 Å². The number of imidazole rings is 1. The molecule has 104 valence electrons. The van der Waals surface area contributed by atoms with Gasteiger partial charge in [-0.3, -0.25) is 0 Å². The van der Waals surface area contributed by atoms with Gasteiger partial charge in [0.25, 0.3) is 0 Å². The maximum Gasteiger partial charge on any atom is 0.178 e. The largest absolute Gasteiger partial charge is 0.497 e. The monoisotopic (exact) mass is 304 g/mol. The van der Waals surface area contributed by atoms with Gasteiger partial charge in [0.05, 0.1) is 18.1 Å². The van der Waals surface area contributed by atoms with E-state index < -0.39 is 0 Å². The van der Waals surface area contributed by atoms with Crippen molar-refractivity contribution in [3.8, 4) is 5.75 Å². The van der Waals surface area contributed by atoms with Gasteiger partial charge in [0.15, 0.2) is 4.77 Å². The van der Waals surface area contributed by atoms with Crippen LogP contribution < -0.4 is 4.74 Å². The van der Waals surface area contributed by atoms with E-state index in [1.165, 1.54) is 5.56 Å². The highest BCUT2D eigenvalue weighted by atomic mass is 32.1. The van der Waals surface area contributed by atoms with E-state index in [4.69, 9.17) is 17.0 Å². The van der Waals surface area contributed by atoms with Crippen LogP contribution in [0.15, 0.2) is 35.0 Å².